The molecule has 0 bridgehead atoms. The number of aryl methyl sites for hydroxylation is 1. The number of benzene rings is 2. The number of carbonyl (C=O) groups excluding carboxylic acids is 1. The molecule has 0 spiro atoms. The highest BCUT2D eigenvalue weighted by Crippen LogP contribution is 2.23. The van der Waals surface area contributed by atoms with Crippen LogP contribution >= 0.6 is 11.9 Å². The van der Waals surface area contributed by atoms with E-state index >= 15 is 0 Å². The molecule has 0 radical (unpaired) electrons. The van der Waals surface area contributed by atoms with Crippen molar-refractivity contribution in [2.24, 2.45) is 0 Å². The molecule has 1 aliphatic heterocycles. The Bertz CT molecular complexity index is 805. The van der Waals surface area contributed by atoms with Crippen LogP contribution in [0.25, 0.3) is 0 Å². The Morgan fingerprint density at radius 3 is 2.68 bits per heavy atom. The van der Waals surface area contributed by atoms with Gasteiger partial charge in [-0.3, -0.25) is 14.4 Å². The second-order valence-corrected chi connectivity index (χ2v) is 8.70. The molecule has 1 unspecified atom stereocenters. The van der Waals surface area contributed by atoms with Gasteiger partial charge in [0.05, 0.1) is 6.10 Å². The van der Waals surface area contributed by atoms with E-state index in [0.29, 0.717) is 6.04 Å². The van der Waals surface area contributed by atoms with Crippen molar-refractivity contribution < 1.29 is 9.53 Å². The first-order valence-corrected chi connectivity index (χ1v) is 10.7. The van der Waals surface area contributed by atoms with Crippen LogP contribution in [0.15, 0.2) is 47.4 Å². The van der Waals surface area contributed by atoms with E-state index in [1.165, 1.54) is 5.56 Å². The first-order valence-electron chi connectivity index (χ1n) is 9.92. The molecular formula is C23H30N2O2S. The van der Waals surface area contributed by atoms with Crippen LogP contribution in [-0.4, -0.2) is 35.9 Å². The van der Waals surface area contributed by atoms with E-state index < -0.39 is 0 Å². The third-order valence-electron chi connectivity index (χ3n) is 4.91. The van der Waals surface area contributed by atoms with Crippen LogP contribution in [0.3, 0.4) is 0 Å². The van der Waals surface area contributed by atoms with Gasteiger partial charge in [0.25, 0.3) is 0 Å². The van der Waals surface area contributed by atoms with Gasteiger partial charge in [0, 0.05) is 36.1 Å². The number of nitrogens with zero attached hydrogens (tertiary/aromatic N) is 1. The van der Waals surface area contributed by atoms with Gasteiger partial charge in [-0.1, -0.05) is 18.2 Å². The standard InChI is InChI=1S/C23H30N2O2S/c1-16(2)27-21-8-6-19(7-9-21)14-25-12-11-20(15-25)24-28-22-10-5-17(3)23(13-22)18(4)26/h5-10,13,16,20,24H,11-12,14-15H2,1-4H3. The van der Waals surface area contributed by atoms with Crippen LogP contribution in [0.1, 0.15) is 48.7 Å². The lowest BCUT2D eigenvalue weighted by Crippen LogP contribution is -2.28. The van der Waals surface area contributed by atoms with Crippen LogP contribution in [0, 0.1) is 6.92 Å². The molecule has 2 aromatic rings. The quantitative estimate of drug-likeness (QED) is 0.508. The van der Waals surface area contributed by atoms with Gasteiger partial charge in [-0.25, -0.2) is 0 Å². The number of ketones is 1. The molecule has 1 fully saturated rings. The predicted molar refractivity (Wildman–Crippen MR) is 116 cm³/mol. The molecule has 2 aromatic carbocycles. The topological polar surface area (TPSA) is 41.6 Å². The van der Waals surface area contributed by atoms with E-state index in [2.05, 4.69) is 40.0 Å². The van der Waals surface area contributed by atoms with Crippen molar-refractivity contribution in [3.8, 4) is 5.75 Å². The fraction of sp³-hybridized carbons (Fsp3) is 0.435. The number of rotatable bonds is 8. The summed E-state index contributed by atoms with van der Waals surface area (Å²) in [4.78, 5) is 15.3. The Kier molecular flexibility index (Phi) is 7.16. The molecule has 0 amide bonds. The van der Waals surface area contributed by atoms with Crippen molar-refractivity contribution in [3.05, 3.63) is 59.2 Å². The number of likely N-dealkylation sites (tertiary alicyclic amines) is 1. The smallest absolute Gasteiger partial charge is 0.160 e. The zero-order valence-electron chi connectivity index (χ0n) is 17.2. The van der Waals surface area contributed by atoms with Crippen molar-refractivity contribution in [3.63, 3.8) is 0 Å². The minimum absolute atomic E-state index is 0.122. The van der Waals surface area contributed by atoms with Gasteiger partial charge in [-0.2, -0.15) is 0 Å². The molecule has 4 nitrogen and oxygen atoms in total. The molecule has 5 heteroatoms. The van der Waals surface area contributed by atoms with Crippen molar-refractivity contribution in [2.75, 3.05) is 13.1 Å². The molecule has 1 heterocycles. The zero-order valence-corrected chi connectivity index (χ0v) is 18.0. The van der Waals surface area contributed by atoms with Crippen LogP contribution < -0.4 is 9.46 Å². The largest absolute Gasteiger partial charge is 0.491 e. The monoisotopic (exact) mass is 398 g/mol. The number of carbonyl (C=O) groups is 1. The molecule has 28 heavy (non-hydrogen) atoms. The first kappa shape index (κ1) is 20.9. The lowest BCUT2D eigenvalue weighted by atomic mass is 10.1. The highest BCUT2D eigenvalue weighted by Gasteiger charge is 2.22. The number of ether oxygens (including phenoxy) is 1. The maximum atomic E-state index is 11.7. The van der Waals surface area contributed by atoms with Crippen LogP contribution in [-0.2, 0) is 6.54 Å². The summed E-state index contributed by atoms with van der Waals surface area (Å²) < 4.78 is 9.29. The molecule has 0 aliphatic carbocycles. The molecule has 3 rings (SSSR count). The van der Waals surface area contributed by atoms with Gasteiger partial charge in [0.1, 0.15) is 5.75 Å². The second kappa shape index (κ2) is 9.59. The van der Waals surface area contributed by atoms with E-state index in [1.807, 2.05) is 32.9 Å². The lowest BCUT2D eigenvalue weighted by molar-refractivity contribution is 0.101. The maximum absolute atomic E-state index is 11.7. The fourth-order valence-corrected chi connectivity index (χ4v) is 4.28. The maximum Gasteiger partial charge on any atom is 0.160 e. The summed E-state index contributed by atoms with van der Waals surface area (Å²) in [6.07, 6.45) is 1.33. The van der Waals surface area contributed by atoms with Crippen molar-refractivity contribution >= 4 is 17.7 Å². The van der Waals surface area contributed by atoms with Crippen LogP contribution in [0.2, 0.25) is 0 Å². The van der Waals surface area contributed by atoms with Gasteiger partial charge in [-0.15, -0.1) is 0 Å². The van der Waals surface area contributed by atoms with E-state index in [-0.39, 0.29) is 11.9 Å². The van der Waals surface area contributed by atoms with E-state index in [0.717, 1.165) is 47.8 Å². The van der Waals surface area contributed by atoms with Crippen molar-refractivity contribution in [1.82, 2.24) is 9.62 Å². The lowest BCUT2D eigenvalue weighted by Gasteiger charge is -2.17. The Labute approximate surface area is 172 Å². The summed E-state index contributed by atoms with van der Waals surface area (Å²) in [7, 11) is 0. The van der Waals surface area contributed by atoms with Gasteiger partial charge in [0.2, 0.25) is 0 Å². The Balaban J connectivity index is 1.48. The summed E-state index contributed by atoms with van der Waals surface area (Å²) in [5, 5.41) is 0. The summed E-state index contributed by atoms with van der Waals surface area (Å²) in [5.41, 5.74) is 3.16. The summed E-state index contributed by atoms with van der Waals surface area (Å²) in [5.74, 6) is 1.05. The molecule has 1 atom stereocenters. The van der Waals surface area contributed by atoms with E-state index in [1.54, 1.807) is 18.9 Å². The number of hydrogen-bond acceptors (Lipinski definition) is 5. The number of Topliss-reactive ketones (excluding diaryl/α,β-unsaturated/α-hetero) is 1. The van der Waals surface area contributed by atoms with Crippen LogP contribution in [0.5, 0.6) is 5.75 Å². The fourth-order valence-electron chi connectivity index (χ4n) is 3.47. The highest BCUT2D eigenvalue weighted by molar-refractivity contribution is 7.97. The van der Waals surface area contributed by atoms with Gasteiger partial charge < -0.3 is 4.74 Å². The Morgan fingerprint density at radius 2 is 2.00 bits per heavy atom. The minimum atomic E-state index is 0.122. The van der Waals surface area contributed by atoms with E-state index in [4.69, 9.17) is 4.74 Å². The van der Waals surface area contributed by atoms with Crippen LogP contribution in [0.4, 0.5) is 0 Å². The zero-order chi connectivity index (χ0) is 20.1. The molecule has 1 saturated heterocycles. The van der Waals surface area contributed by atoms with Gasteiger partial charge >= 0.3 is 0 Å². The Morgan fingerprint density at radius 1 is 1.25 bits per heavy atom. The summed E-state index contributed by atoms with van der Waals surface area (Å²) in [6, 6.07) is 15.0. The normalized spacial score (nSPS) is 17.2. The second-order valence-electron chi connectivity index (χ2n) is 7.78. The predicted octanol–water partition coefficient (Wildman–Crippen LogP) is 4.86. The Hall–Kier alpha value is -1.82. The van der Waals surface area contributed by atoms with Crippen molar-refractivity contribution in [2.45, 2.75) is 57.7 Å². The minimum Gasteiger partial charge on any atom is -0.491 e. The van der Waals surface area contributed by atoms with Gasteiger partial charge in [-0.05, 0) is 81.5 Å². The molecule has 0 aromatic heterocycles. The van der Waals surface area contributed by atoms with E-state index in [9.17, 15) is 4.79 Å². The SMILES string of the molecule is CC(=O)c1cc(SNC2CCN(Cc3ccc(OC(C)C)cc3)C2)ccc1C. The summed E-state index contributed by atoms with van der Waals surface area (Å²) >= 11 is 1.63. The highest BCUT2D eigenvalue weighted by atomic mass is 32.2. The average Bonchev–Trinajstić information content (AvgIpc) is 3.09. The third-order valence-corrected chi connectivity index (χ3v) is 5.85. The molecular weight excluding hydrogens is 368 g/mol. The van der Waals surface area contributed by atoms with Crippen molar-refractivity contribution in [1.29, 1.82) is 0 Å². The molecule has 1 N–H and O–H groups in total. The molecule has 0 saturated carbocycles. The average molecular weight is 399 g/mol. The molecule has 150 valence electrons. The third kappa shape index (κ3) is 5.84. The first-order chi connectivity index (χ1) is 13.4. The summed E-state index contributed by atoms with van der Waals surface area (Å²) in [6.45, 7) is 10.8. The number of nitrogens with one attached hydrogen (secondary N) is 1. The molecule has 1 aliphatic rings. The van der Waals surface area contributed by atoms with Gasteiger partial charge in [0.15, 0.2) is 5.78 Å². The number of hydrogen-bond donors (Lipinski definition) is 1.